The monoisotopic (exact) mass is 261 g/mol. The molecule has 0 aromatic heterocycles. The van der Waals surface area contributed by atoms with E-state index in [0.29, 0.717) is 6.54 Å². The van der Waals surface area contributed by atoms with Gasteiger partial charge in [-0.3, -0.25) is 9.59 Å². The fourth-order valence-electron chi connectivity index (χ4n) is 1.86. The number of aryl methyl sites for hydroxylation is 1. The van der Waals surface area contributed by atoms with Crippen molar-refractivity contribution >= 4 is 11.7 Å². The maximum Gasteiger partial charge on any atom is 0.287 e. The molecule has 0 aliphatic rings. The van der Waals surface area contributed by atoms with E-state index in [9.17, 15) is 9.59 Å². The molecule has 0 spiro atoms. The first-order chi connectivity index (χ1) is 8.79. The Morgan fingerprint density at radius 2 is 1.79 bits per heavy atom. The number of hydrogen-bond acceptors (Lipinski definition) is 2. The lowest BCUT2D eigenvalue weighted by Crippen LogP contribution is -2.34. The van der Waals surface area contributed by atoms with E-state index in [-0.39, 0.29) is 17.6 Å². The van der Waals surface area contributed by atoms with Gasteiger partial charge in [0.2, 0.25) is 5.78 Å². The Morgan fingerprint density at radius 1 is 1.16 bits per heavy atom. The van der Waals surface area contributed by atoms with E-state index in [1.54, 1.807) is 0 Å². The number of benzene rings is 1. The summed E-state index contributed by atoms with van der Waals surface area (Å²) in [6.07, 6.45) is 1.03. The molecule has 104 valence electrons. The van der Waals surface area contributed by atoms with Gasteiger partial charge in [0.05, 0.1) is 0 Å². The van der Waals surface area contributed by atoms with Crippen LogP contribution in [0.1, 0.15) is 38.3 Å². The third-order valence-electron chi connectivity index (χ3n) is 2.89. The molecule has 0 aliphatic carbocycles. The van der Waals surface area contributed by atoms with E-state index in [4.69, 9.17) is 0 Å². The van der Waals surface area contributed by atoms with E-state index in [1.807, 2.05) is 52.0 Å². The molecule has 0 unspecified atom stereocenters. The Bertz CT molecular complexity index is 458. The number of amides is 1. The van der Waals surface area contributed by atoms with E-state index >= 15 is 0 Å². The zero-order chi connectivity index (χ0) is 14.5. The van der Waals surface area contributed by atoms with Crippen molar-refractivity contribution in [3.05, 3.63) is 35.4 Å². The van der Waals surface area contributed by atoms with Crippen molar-refractivity contribution in [1.82, 2.24) is 5.32 Å². The summed E-state index contributed by atoms with van der Waals surface area (Å²) in [4.78, 5) is 23.3. The molecule has 0 aliphatic heterocycles. The van der Waals surface area contributed by atoms with Crippen LogP contribution in [0.3, 0.4) is 0 Å². The zero-order valence-corrected chi connectivity index (χ0v) is 12.2. The second-order valence-electron chi connectivity index (χ2n) is 6.09. The number of ketones is 1. The van der Waals surface area contributed by atoms with Crippen LogP contribution in [0.15, 0.2) is 24.3 Å². The molecule has 0 saturated heterocycles. The molecule has 3 heteroatoms. The molecule has 1 N–H and O–H groups in total. The first kappa shape index (κ1) is 15.4. The molecular formula is C16H23NO2. The zero-order valence-electron chi connectivity index (χ0n) is 12.2. The van der Waals surface area contributed by atoms with Gasteiger partial charge < -0.3 is 5.32 Å². The van der Waals surface area contributed by atoms with Crippen LogP contribution in [0.4, 0.5) is 0 Å². The van der Waals surface area contributed by atoms with Crippen LogP contribution in [-0.2, 0) is 16.0 Å². The number of Topliss-reactive ketones (excluding diaryl/α,β-unsaturated/α-hetero) is 1. The maximum absolute atomic E-state index is 11.7. The van der Waals surface area contributed by atoms with Crippen molar-refractivity contribution in [1.29, 1.82) is 0 Å². The second kappa shape index (κ2) is 6.50. The molecule has 1 rings (SSSR count). The lowest BCUT2D eigenvalue weighted by atomic mass is 9.90. The second-order valence-corrected chi connectivity index (χ2v) is 6.09. The molecule has 0 radical (unpaired) electrons. The van der Waals surface area contributed by atoms with Crippen molar-refractivity contribution in [3.63, 3.8) is 0 Å². The van der Waals surface area contributed by atoms with Gasteiger partial charge in [0.15, 0.2) is 0 Å². The summed E-state index contributed by atoms with van der Waals surface area (Å²) in [6.45, 7) is 8.39. The summed E-state index contributed by atoms with van der Waals surface area (Å²) < 4.78 is 0. The van der Waals surface area contributed by atoms with Gasteiger partial charge in [-0.1, -0.05) is 45.0 Å². The van der Waals surface area contributed by atoms with Crippen LogP contribution in [0.5, 0.6) is 0 Å². The summed E-state index contributed by atoms with van der Waals surface area (Å²) in [7, 11) is 0. The van der Waals surface area contributed by atoms with Gasteiger partial charge in [-0.25, -0.2) is 0 Å². The average Bonchev–Trinajstić information content (AvgIpc) is 2.29. The highest BCUT2D eigenvalue weighted by atomic mass is 16.2. The van der Waals surface area contributed by atoms with Crippen LogP contribution in [-0.4, -0.2) is 18.2 Å². The van der Waals surface area contributed by atoms with Crippen LogP contribution in [0, 0.1) is 12.3 Å². The molecule has 1 aromatic rings. The molecule has 0 atom stereocenters. The molecule has 0 heterocycles. The van der Waals surface area contributed by atoms with E-state index in [0.717, 1.165) is 6.42 Å². The molecule has 19 heavy (non-hydrogen) atoms. The van der Waals surface area contributed by atoms with Crippen LogP contribution >= 0.6 is 0 Å². The largest absolute Gasteiger partial charge is 0.349 e. The predicted octanol–water partition coefficient (Wildman–Crippen LogP) is 2.66. The molecule has 0 bridgehead atoms. The summed E-state index contributed by atoms with van der Waals surface area (Å²) in [5.41, 5.74) is 2.26. The first-order valence-corrected chi connectivity index (χ1v) is 6.65. The fourth-order valence-corrected chi connectivity index (χ4v) is 1.86. The lowest BCUT2D eigenvalue weighted by Gasteiger charge is -2.16. The van der Waals surface area contributed by atoms with Gasteiger partial charge >= 0.3 is 0 Å². The maximum atomic E-state index is 11.7. The quantitative estimate of drug-likeness (QED) is 0.828. The molecular weight excluding hydrogens is 238 g/mol. The standard InChI is InChI=1S/C16H23NO2/c1-12-7-5-6-8-13(12)9-10-17-15(19)14(18)11-16(2,3)4/h5-8H,9-11H2,1-4H3,(H,17,19). The lowest BCUT2D eigenvalue weighted by molar-refractivity contribution is -0.138. The van der Waals surface area contributed by atoms with Crippen molar-refractivity contribution in [3.8, 4) is 0 Å². The predicted molar refractivity (Wildman–Crippen MR) is 77.0 cm³/mol. The third kappa shape index (κ3) is 5.69. The Labute approximate surface area is 115 Å². The summed E-state index contributed by atoms with van der Waals surface area (Å²) in [5.74, 6) is -0.805. The molecule has 1 aromatic carbocycles. The van der Waals surface area contributed by atoms with Crippen LogP contribution in [0.2, 0.25) is 0 Å². The van der Waals surface area contributed by atoms with Crippen LogP contribution in [0.25, 0.3) is 0 Å². The van der Waals surface area contributed by atoms with E-state index in [2.05, 4.69) is 5.32 Å². The highest BCUT2D eigenvalue weighted by Crippen LogP contribution is 2.18. The topological polar surface area (TPSA) is 46.2 Å². The van der Waals surface area contributed by atoms with Crippen molar-refractivity contribution < 1.29 is 9.59 Å². The SMILES string of the molecule is Cc1ccccc1CCNC(=O)C(=O)CC(C)(C)C. The van der Waals surface area contributed by atoms with Gasteiger partial charge in [0, 0.05) is 13.0 Å². The van der Waals surface area contributed by atoms with Crippen molar-refractivity contribution in [2.75, 3.05) is 6.54 Å². The fraction of sp³-hybridized carbons (Fsp3) is 0.500. The Kier molecular flexibility index (Phi) is 5.28. The van der Waals surface area contributed by atoms with Crippen LogP contribution < -0.4 is 5.32 Å². The minimum Gasteiger partial charge on any atom is -0.349 e. The number of carbonyl (C=O) groups is 2. The minimum atomic E-state index is -0.469. The van der Waals surface area contributed by atoms with E-state index in [1.165, 1.54) is 11.1 Å². The molecule has 3 nitrogen and oxygen atoms in total. The first-order valence-electron chi connectivity index (χ1n) is 6.65. The Balaban J connectivity index is 2.39. The highest BCUT2D eigenvalue weighted by molar-refractivity contribution is 6.36. The number of carbonyl (C=O) groups excluding carboxylic acids is 2. The molecule has 1 amide bonds. The smallest absolute Gasteiger partial charge is 0.287 e. The summed E-state index contributed by atoms with van der Waals surface area (Å²) >= 11 is 0. The van der Waals surface area contributed by atoms with Gasteiger partial charge in [0.25, 0.3) is 5.91 Å². The number of rotatable bonds is 5. The summed E-state index contributed by atoms with van der Waals surface area (Å²) in [6, 6.07) is 8.06. The average molecular weight is 261 g/mol. The van der Waals surface area contributed by atoms with E-state index < -0.39 is 5.91 Å². The minimum absolute atomic E-state index is 0.148. The van der Waals surface area contributed by atoms with Crippen molar-refractivity contribution in [2.24, 2.45) is 5.41 Å². The molecule has 0 fully saturated rings. The molecule has 0 saturated carbocycles. The Morgan fingerprint density at radius 3 is 2.37 bits per heavy atom. The summed E-state index contributed by atoms with van der Waals surface area (Å²) in [5, 5.41) is 2.69. The number of hydrogen-bond donors (Lipinski definition) is 1. The van der Waals surface area contributed by atoms with Gasteiger partial charge in [0.1, 0.15) is 0 Å². The number of nitrogens with one attached hydrogen (secondary N) is 1. The Hall–Kier alpha value is -1.64. The van der Waals surface area contributed by atoms with Gasteiger partial charge in [-0.05, 0) is 29.9 Å². The normalized spacial score (nSPS) is 11.2. The van der Waals surface area contributed by atoms with Gasteiger partial charge in [-0.15, -0.1) is 0 Å². The van der Waals surface area contributed by atoms with Crippen molar-refractivity contribution in [2.45, 2.75) is 40.5 Å². The van der Waals surface area contributed by atoms with Gasteiger partial charge in [-0.2, -0.15) is 0 Å². The highest BCUT2D eigenvalue weighted by Gasteiger charge is 2.21. The third-order valence-corrected chi connectivity index (χ3v) is 2.89.